The van der Waals surface area contributed by atoms with E-state index in [0.717, 1.165) is 0 Å². The highest BCUT2D eigenvalue weighted by atomic mass is 32.1. The van der Waals surface area contributed by atoms with Crippen LogP contribution in [-0.4, -0.2) is 37.1 Å². The number of hydrogen-bond donors (Lipinski definition) is 1. The van der Waals surface area contributed by atoms with Crippen LogP contribution in [0.25, 0.3) is 0 Å². The SMILES string of the molecule is Cc1ccsc1CN(C)C(=O)C1(C)COCC1N. The minimum atomic E-state index is -0.583. The predicted octanol–water partition coefficient (Wildman–Crippen LogP) is 1.38. The van der Waals surface area contributed by atoms with E-state index in [1.54, 1.807) is 16.2 Å². The molecule has 0 spiro atoms. The third-order valence-corrected chi connectivity index (χ3v) is 4.71. The molecule has 1 amide bonds. The molecule has 1 saturated heterocycles. The summed E-state index contributed by atoms with van der Waals surface area (Å²) in [4.78, 5) is 15.5. The molecule has 0 aliphatic carbocycles. The minimum absolute atomic E-state index is 0.0697. The van der Waals surface area contributed by atoms with Gasteiger partial charge in [0.25, 0.3) is 0 Å². The average Bonchev–Trinajstić information content (AvgIpc) is 2.87. The Balaban J connectivity index is 2.07. The Kier molecular flexibility index (Phi) is 3.75. The van der Waals surface area contributed by atoms with E-state index in [1.807, 2.05) is 14.0 Å². The molecule has 1 aromatic heterocycles. The van der Waals surface area contributed by atoms with E-state index in [4.69, 9.17) is 10.5 Å². The molecule has 18 heavy (non-hydrogen) atoms. The smallest absolute Gasteiger partial charge is 0.232 e. The molecule has 2 atom stereocenters. The van der Waals surface area contributed by atoms with Gasteiger partial charge in [0.05, 0.1) is 25.2 Å². The molecule has 2 N–H and O–H groups in total. The number of carbonyl (C=O) groups is 1. The minimum Gasteiger partial charge on any atom is -0.379 e. The van der Waals surface area contributed by atoms with E-state index >= 15 is 0 Å². The maximum absolute atomic E-state index is 12.5. The van der Waals surface area contributed by atoms with Crippen molar-refractivity contribution in [1.82, 2.24) is 4.90 Å². The van der Waals surface area contributed by atoms with Crippen molar-refractivity contribution in [3.8, 4) is 0 Å². The van der Waals surface area contributed by atoms with Gasteiger partial charge in [-0.15, -0.1) is 11.3 Å². The highest BCUT2D eigenvalue weighted by Crippen LogP contribution is 2.30. The topological polar surface area (TPSA) is 55.6 Å². The monoisotopic (exact) mass is 268 g/mol. The van der Waals surface area contributed by atoms with Crippen LogP contribution in [0.5, 0.6) is 0 Å². The molecular formula is C13H20N2O2S. The van der Waals surface area contributed by atoms with Gasteiger partial charge >= 0.3 is 0 Å². The zero-order valence-corrected chi connectivity index (χ0v) is 11.9. The summed E-state index contributed by atoms with van der Waals surface area (Å²) in [7, 11) is 1.83. The van der Waals surface area contributed by atoms with Gasteiger partial charge in [0, 0.05) is 18.0 Å². The van der Waals surface area contributed by atoms with E-state index in [1.165, 1.54) is 10.4 Å². The van der Waals surface area contributed by atoms with Crippen molar-refractivity contribution in [2.75, 3.05) is 20.3 Å². The summed E-state index contributed by atoms with van der Waals surface area (Å²) in [6.07, 6.45) is 0. The van der Waals surface area contributed by atoms with Crippen LogP contribution in [-0.2, 0) is 16.1 Å². The maximum Gasteiger partial charge on any atom is 0.232 e. The van der Waals surface area contributed by atoms with E-state index in [0.29, 0.717) is 19.8 Å². The Bertz CT molecular complexity index is 446. The molecule has 2 rings (SSSR count). The molecule has 0 saturated carbocycles. The normalized spacial score (nSPS) is 27.4. The Morgan fingerprint density at radius 2 is 2.44 bits per heavy atom. The Labute approximate surface area is 112 Å². The number of nitrogens with two attached hydrogens (primary N) is 1. The van der Waals surface area contributed by atoms with Crippen LogP contribution in [0.4, 0.5) is 0 Å². The second kappa shape index (κ2) is 4.99. The summed E-state index contributed by atoms with van der Waals surface area (Å²) < 4.78 is 5.33. The molecule has 0 radical (unpaired) electrons. The van der Waals surface area contributed by atoms with Gasteiger partial charge in [0.1, 0.15) is 0 Å². The summed E-state index contributed by atoms with van der Waals surface area (Å²) in [5.41, 5.74) is 6.64. The lowest BCUT2D eigenvalue weighted by molar-refractivity contribution is -0.140. The van der Waals surface area contributed by atoms with E-state index in [2.05, 4.69) is 18.4 Å². The average molecular weight is 268 g/mol. The fraction of sp³-hybridized carbons (Fsp3) is 0.615. The van der Waals surface area contributed by atoms with Gasteiger partial charge in [0.15, 0.2) is 0 Å². The predicted molar refractivity (Wildman–Crippen MR) is 72.4 cm³/mol. The molecule has 1 aromatic rings. The van der Waals surface area contributed by atoms with Crippen molar-refractivity contribution < 1.29 is 9.53 Å². The Hall–Kier alpha value is -0.910. The van der Waals surface area contributed by atoms with Crippen LogP contribution in [0.2, 0.25) is 0 Å². The molecule has 5 heteroatoms. The summed E-state index contributed by atoms with van der Waals surface area (Å²) in [5, 5.41) is 2.05. The first-order valence-corrected chi connectivity index (χ1v) is 6.95. The summed E-state index contributed by atoms with van der Waals surface area (Å²) in [5.74, 6) is 0.0697. The van der Waals surface area contributed by atoms with Gasteiger partial charge < -0.3 is 15.4 Å². The molecule has 0 aromatic carbocycles. The van der Waals surface area contributed by atoms with Crippen LogP contribution < -0.4 is 5.73 Å². The van der Waals surface area contributed by atoms with Crippen molar-refractivity contribution >= 4 is 17.2 Å². The standard InChI is InChI=1S/C13H20N2O2S/c1-9-4-5-18-10(9)6-15(3)12(16)13(2)8-17-7-11(13)14/h4-5,11H,6-8,14H2,1-3H3. The number of amides is 1. The van der Waals surface area contributed by atoms with Crippen molar-refractivity contribution in [1.29, 1.82) is 0 Å². The molecular weight excluding hydrogens is 248 g/mol. The molecule has 1 aliphatic heterocycles. The van der Waals surface area contributed by atoms with Gasteiger partial charge in [0.2, 0.25) is 5.91 Å². The van der Waals surface area contributed by atoms with Gasteiger partial charge in [-0.3, -0.25) is 4.79 Å². The fourth-order valence-corrected chi connectivity index (χ4v) is 3.16. The molecule has 0 bridgehead atoms. The fourth-order valence-electron chi connectivity index (χ4n) is 2.20. The van der Waals surface area contributed by atoms with Crippen molar-refractivity contribution in [2.24, 2.45) is 11.1 Å². The third kappa shape index (κ3) is 2.30. The first-order chi connectivity index (χ1) is 8.45. The third-order valence-electron chi connectivity index (χ3n) is 3.70. The Morgan fingerprint density at radius 1 is 1.72 bits per heavy atom. The first kappa shape index (κ1) is 13.5. The van der Waals surface area contributed by atoms with E-state index in [9.17, 15) is 4.79 Å². The van der Waals surface area contributed by atoms with Gasteiger partial charge in [-0.1, -0.05) is 0 Å². The number of thiophene rings is 1. The number of carbonyl (C=O) groups excluding carboxylic acids is 1. The number of hydrogen-bond acceptors (Lipinski definition) is 4. The summed E-state index contributed by atoms with van der Waals surface area (Å²) >= 11 is 1.68. The number of rotatable bonds is 3. The number of aryl methyl sites for hydroxylation is 1. The Morgan fingerprint density at radius 3 is 2.94 bits per heavy atom. The van der Waals surface area contributed by atoms with Crippen LogP contribution >= 0.6 is 11.3 Å². The lowest BCUT2D eigenvalue weighted by Crippen LogP contribution is -2.50. The summed E-state index contributed by atoms with van der Waals surface area (Å²) in [6.45, 7) is 5.49. The number of ether oxygens (including phenoxy) is 1. The zero-order valence-electron chi connectivity index (χ0n) is 11.1. The molecule has 1 fully saturated rings. The van der Waals surface area contributed by atoms with Crippen LogP contribution in [0, 0.1) is 12.3 Å². The number of nitrogens with zero attached hydrogens (tertiary/aromatic N) is 1. The van der Waals surface area contributed by atoms with Crippen molar-refractivity contribution in [3.63, 3.8) is 0 Å². The second-order valence-corrected chi connectivity index (χ2v) is 6.23. The largest absolute Gasteiger partial charge is 0.379 e. The zero-order chi connectivity index (χ0) is 13.3. The van der Waals surface area contributed by atoms with Crippen LogP contribution in [0.3, 0.4) is 0 Å². The van der Waals surface area contributed by atoms with Gasteiger partial charge in [-0.25, -0.2) is 0 Å². The first-order valence-electron chi connectivity index (χ1n) is 6.07. The molecule has 4 nitrogen and oxygen atoms in total. The summed E-state index contributed by atoms with van der Waals surface area (Å²) in [6, 6.07) is 1.86. The molecule has 2 unspecified atom stereocenters. The molecule has 1 aliphatic rings. The van der Waals surface area contributed by atoms with Crippen molar-refractivity contribution in [2.45, 2.75) is 26.4 Å². The van der Waals surface area contributed by atoms with Gasteiger partial charge in [-0.2, -0.15) is 0 Å². The lowest BCUT2D eigenvalue weighted by atomic mass is 9.84. The maximum atomic E-state index is 12.5. The molecule has 100 valence electrons. The highest BCUT2D eigenvalue weighted by Gasteiger charge is 2.45. The van der Waals surface area contributed by atoms with E-state index < -0.39 is 5.41 Å². The second-order valence-electron chi connectivity index (χ2n) is 5.23. The van der Waals surface area contributed by atoms with Crippen LogP contribution in [0.15, 0.2) is 11.4 Å². The van der Waals surface area contributed by atoms with Gasteiger partial charge in [-0.05, 0) is 30.9 Å². The lowest BCUT2D eigenvalue weighted by Gasteiger charge is -2.30. The van der Waals surface area contributed by atoms with Crippen LogP contribution in [0.1, 0.15) is 17.4 Å². The quantitative estimate of drug-likeness (QED) is 0.901. The van der Waals surface area contributed by atoms with Crippen molar-refractivity contribution in [3.05, 3.63) is 21.9 Å². The highest BCUT2D eigenvalue weighted by molar-refractivity contribution is 7.10. The molecule has 2 heterocycles. The van der Waals surface area contributed by atoms with E-state index in [-0.39, 0.29) is 11.9 Å².